The normalized spacial score (nSPS) is 64.9. The molecule has 3 saturated carbocycles. The van der Waals surface area contributed by atoms with Gasteiger partial charge in [-0.2, -0.15) is 0 Å². The van der Waals surface area contributed by atoms with Crippen LogP contribution < -0.4 is 0 Å². The first-order chi connectivity index (χ1) is 6.48. The molecule has 0 unspecified atom stereocenters. The Morgan fingerprint density at radius 2 is 1.29 bits per heavy atom. The minimum Gasteiger partial charge on any atom is -0.387 e. The topological polar surface area (TPSA) is 40.5 Å². The van der Waals surface area contributed by atoms with Crippen LogP contribution in [0.3, 0.4) is 0 Å². The Bertz CT molecular complexity index is 265. The van der Waals surface area contributed by atoms with Crippen molar-refractivity contribution in [1.29, 1.82) is 0 Å². The number of hydrogen-bond donors (Lipinski definition) is 2. The molecular weight excluding hydrogens is 176 g/mol. The molecule has 2 heteroatoms. The van der Waals surface area contributed by atoms with Gasteiger partial charge in [-0.05, 0) is 50.4 Å². The van der Waals surface area contributed by atoms with Gasteiger partial charge in [-0.3, -0.25) is 0 Å². The third-order valence-electron chi connectivity index (χ3n) is 5.15. The van der Waals surface area contributed by atoms with E-state index in [1.54, 1.807) is 0 Å². The standard InChI is InChI=1S/C12H18O2/c1-11(13)9-7-5-3-4-6-8(9)10(7)12(11,2)14/h3-4,7-10,13-14H,5-6H2,1-2H3/t7?,8?,9?,10?,11-,12-/m0/s1. The van der Waals surface area contributed by atoms with E-state index in [0.29, 0.717) is 23.7 Å². The lowest BCUT2D eigenvalue weighted by molar-refractivity contribution is -0.111. The summed E-state index contributed by atoms with van der Waals surface area (Å²) in [7, 11) is 0. The predicted octanol–water partition coefficient (Wildman–Crippen LogP) is 1.33. The van der Waals surface area contributed by atoms with Crippen LogP contribution >= 0.6 is 0 Å². The van der Waals surface area contributed by atoms with Gasteiger partial charge in [0.15, 0.2) is 0 Å². The molecule has 4 bridgehead atoms. The lowest BCUT2D eigenvalue weighted by Gasteiger charge is -2.44. The molecule has 0 aliphatic heterocycles. The molecule has 4 aliphatic rings. The fourth-order valence-corrected chi connectivity index (χ4v) is 4.37. The molecular formula is C12H18O2. The summed E-state index contributed by atoms with van der Waals surface area (Å²) >= 11 is 0. The Labute approximate surface area is 84.6 Å². The Kier molecular flexibility index (Phi) is 1.43. The fraction of sp³-hybridized carbons (Fsp3) is 0.833. The molecule has 0 aromatic carbocycles. The van der Waals surface area contributed by atoms with Crippen molar-refractivity contribution in [1.82, 2.24) is 0 Å². The van der Waals surface area contributed by atoms with Crippen LogP contribution in [-0.4, -0.2) is 21.4 Å². The summed E-state index contributed by atoms with van der Waals surface area (Å²) in [6, 6.07) is 0. The molecule has 2 N–H and O–H groups in total. The zero-order valence-electron chi connectivity index (χ0n) is 8.77. The van der Waals surface area contributed by atoms with Crippen LogP contribution in [0.25, 0.3) is 0 Å². The third-order valence-corrected chi connectivity index (χ3v) is 5.15. The third kappa shape index (κ3) is 0.695. The largest absolute Gasteiger partial charge is 0.387 e. The molecule has 0 aromatic heterocycles. The van der Waals surface area contributed by atoms with Crippen molar-refractivity contribution in [2.75, 3.05) is 0 Å². The van der Waals surface area contributed by atoms with Gasteiger partial charge < -0.3 is 10.2 Å². The van der Waals surface area contributed by atoms with Crippen molar-refractivity contribution < 1.29 is 10.2 Å². The molecule has 0 radical (unpaired) electrons. The maximum Gasteiger partial charge on any atom is 0.0939 e. The monoisotopic (exact) mass is 194 g/mol. The van der Waals surface area contributed by atoms with Crippen LogP contribution in [0.5, 0.6) is 0 Å². The first-order valence-corrected chi connectivity index (χ1v) is 5.57. The summed E-state index contributed by atoms with van der Waals surface area (Å²) in [5.41, 5.74) is -1.75. The first kappa shape index (κ1) is 8.93. The zero-order chi connectivity index (χ0) is 10.1. The summed E-state index contributed by atoms with van der Waals surface area (Å²) in [5, 5.41) is 20.8. The number of hydrogen-bond acceptors (Lipinski definition) is 2. The molecule has 0 amide bonds. The van der Waals surface area contributed by atoms with E-state index in [1.165, 1.54) is 0 Å². The Morgan fingerprint density at radius 3 is 1.64 bits per heavy atom. The predicted molar refractivity (Wildman–Crippen MR) is 53.6 cm³/mol. The van der Waals surface area contributed by atoms with E-state index in [9.17, 15) is 10.2 Å². The van der Waals surface area contributed by atoms with Gasteiger partial charge in [-0.1, -0.05) is 12.2 Å². The van der Waals surface area contributed by atoms with Crippen molar-refractivity contribution in [2.24, 2.45) is 23.7 Å². The first-order valence-electron chi connectivity index (χ1n) is 5.57. The van der Waals surface area contributed by atoms with Crippen LogP contribution in [0.15, 0.2) is 12.2 Å². The smallest absolute Gasteiger partial charge is 0.0939 e. The molecule has 0 saturated heterocycles. The van der Waals surface area contributed by atoms with Gasteiger partial charge in [0.2, 0.25) is 0 Å². The molecule has 4 aliphatic carbocycles. The van der Waals surface area contributed by atoms with Gasteiger partial charge in [0.05, 0.1) is 11.2 Å². The van der Waals surface area contributed by atoms with Crippen LogP contribution in [0.1, 0.15) is 26.7 Å². The van der Waals surface area contributed by atoms with E-state index in [1.807, 2.05) is 13.8 Å². The van der Waals surface area contributed by atoms with Crippen molar-refractivity contribution >= 4 is 0 Å². The minimum absolute atomic E-state index is 0.317. The van der Waals surface area contributed by atoms with Crippen molar-refractivity contribution in [2.45, 2.75) is 37.9 Å². The molecule has 0 heterocycles. The average Bonchev–Trinajstić information content (AvgIpc) is 2.36. The van der Waals surface area contributed by atoms with E-state index in [-0.39, 0.29) is 0 Å². The molecule has 78 valence electrons. The minimum atomic E-state index is -0.876. The molecule has 2 nitrogen and oxygen atoms in total. The molecule has 4 rings (SSSR count). The van der Waals surface area contributed by atoms with E-state index in [0.717, 1.165) is 12.8 Å². The molecule has 2 atom stereocenters. The lowest BCUT2D eigenvalue weighted by Crippen LogP contribution is -2.46. The van der Waals surface area contributed by atoms with Gasteiger partial charge in [0.25, 0.3) is 0 Å². The van der Waals surface area contributed by atoms with Crippen molar-refractivity contribution in [3.63, 3.8) is 0 Å². The summed E-state index contributed by atoms with van der Waals surface area (Å²) < 4.78 is 0. The highest BCUT2D eigenvalue weighted by Gasteiger charge is 2.75. The van der Waals surface area contributed by atoms with E-state index in [2.05, 4.69) is 12.2 Å². The van der Waals surface area contributed by atoms with Crippen LogP contribution in [-0.2, 0) is 0 Å². The second-order valence-corrected chi connectivity index (χ2v) is 5.62. The maximum atomic E-state index is 10.4. The van der Waals surface area contributed by atoms with Crippen LogP contribution in [0.2, 0.25) is 0 Å². The Balaban J connectivity index is 2.05. The quantitative estimate of drug-likeness (QED) is 0.571. The fourth-order valence-electron chi connectivity index (χ4n) is 4.37. The Morgan fingerprint density at radius 1 is 0.929 bits per heavy atom. The van der Waals surface area contributed by atoms with Gasteiger partial charge in [-0.25, -0.2) is 0 Å². The van der Waals surface area contributed by atoms with Crippen molar-refractivity contribution in [3.8, 4) is 0 Å². The second-order valence-electron chi connectivity index (χ2n) is 5.62. The van der Waals surface area contributed by atoms with E-state index < -0.39 is 11.2 Å². The van der Waals surface area contributed by atoms with Gasteiger partial charge >= 0.3 is 0 Å². The molecule has 0 aromatic rings. The molecule has 14 heavy (non-hydrogen) atoms. The van der Waals surface area contributed by atoms with Gasteiger partial charge in [0, 0.05) is 0 Å². The highest BCUT2D eigenvalue weighted by atomic mass is 16.4. The zero-order valence-corrected chi connectivity index (χ0v) is 8.77. The second kappa shape index (κ2) is 2.25. The van der Waals surface area contributed by atoms with Gasteiger partial charge in [-0.15, -0.1) is 0 Å². The number of fused-ring (bicyclic) bond motifs is 1. The Hall–Kier alpha value is -0.340. The van der Waals surface area contributed by atoms with Gasteiger partial charge in [0.1, 0.15) is 0 Å². The highest BCUT2D eigenvalue weighted by Crippen LogP contribution is 2.70. The SMILES string of the molecule is C[C@]1(O)C2C3CC=CCC2C3[C@]1(C)O. The summed E-state index contributed by atoms with van der Waals surface area (Å²) in [6.45, 7) is 3.63. The van der Waals surface area contributed by atoms with Crippen LogP contribution in [0.4, 0.5) is 0 Å². The lowest BCUT2D eigenvalue weighted by atomic mass is 9.60. The number of allylic oxidation sites excluding steroid dienone is 2. The van der Waals surface area contributed by atoms with E-state index in [4.69, 9.17) is 0 Å². The summed E-state index contributed by atoms with van der Waals surface area (Å²) in [4.78, 5) is 0. The maximum absolute atomic E-state index is 10.4. The number of aliphatic hydroxyl groups is 2. The average molecular weight is 194 g/mol. The summed E-state index contributed by atoms with van der Waals surface area (Å²) in [6.07, 6.45) is 6.51. The molecule has 3 fully saturated rings. The number of rotatable bonds is 0. The summed E-state index contributed by atoms with van der Waals surface area (Å²) in [5.74, 6) is 1.67. The van der Waals surface area contributed by atoms with E-state index >= 15 is 0 Å². The highest BCUT2D eigenvalue weighted by molar-refractivity contribution is 5.27. The van der Waals surface area contributed by atoms with Crippen LogP contribution in [0, 0.1) is 23.7 Å². The molecule has 0 spiro atoms. The van der Waals surface area contributed by atoms with Crippen molar-refractivity contribution in [3.05, 3.63) is 12.2 Å².